The van der Waals surface area contributed by atoms with Gasteiger partial charge < -0.3 is 20.0 Å². The number of carbonyl (C=O) groups is 3. The Labute approximate surface area is 339 Å². The predicted octanol–water partition coefficient (Wildman–Crippen LogP) is 4.68. The molecule has 59 heavy (non-hydrogen) atoms. The molecule has 18 heteroatoms. The third kappa shape index (κ3) is 7.35. The summed E-state index contributed by atoms with van der Waals surface area (Å²) in [6.45, 7) is 4.36. The minimum atomic E-state index is -2.86. The number of piperidine rings is 2. The van der Waals surface area contributed by atoms with Crippen LogP contribution >= 0.6 is 0 Å². The molecule has 1 atom stereocenters. The van der Waals surface area contributed by atoms with E-state index in [1.807, 2.05) is 24.3 Å². The molecule has 7 heterocycles. The van der Waals surface area contributed by atoms with Crippen LogP contribution in [-0.4, -0.2) is 102 Å². The smallest absolute Gasteiger partial charge is 0.329 e. The largest absolute Gasteiger partial charge is 0.370 e. The fraction of sp³-hybridized carbons (Fsp3) is 0.537. The van der Waals surface area contributed by atoms with Crippen molar-refractivity contribution < 1.29 is 23.2 Å². The van der Waals surface area contributed by atoms with Gasteiger partial charge in [0.2, 0.25) is 11.8 Å². The Balaban J connectivity index is 0.802. The number of fused-ring (bicyclic) bond motifs is 2. The van der Waals surface area contributed by atoms with Gasteiger partial charge in [0.25, 0.3) is 12.3 Å². The summed E-state index contributed by atoms with van der Waals surface area (Å²) in [6, 6.07) is 7.30. The van der Waals surface area contributed by atoms with Crippen LogP contribution in [0.1, 0.15) is 98.8 Å². The molecule has 16 nitrogen and oxygen atoms in total. The van der Waals surface area contributed by atoms with Gasteiger partial charge in [0.15, 0.2) is 11.3 Å². The Morgan fingerprint density at radius 3 is 2.47 bits per heavy atom. The maximum Gasteiger partial charge on any atom is 0.329 e. The standard InChI is InChI=1S/C41H50F2N12O4/c1-49(26-14-19-51(20-15-26)30-6-5-7-31-36(30)50(2)41(59)55(31)32-12-13-34(56)47-40(32)58)23-25-8-10-27(11-9-25)54-24-29(35(48-54)37(42)43)45-39(57)28-22-44-53-21-16-33(46-38(28)53)52-17-3-4-18-52/h5-7,16,21-22,24-27,32,37H,3-4,8-15,17-20,23H2,1-2H3,(H,45,57)(H,47,56,58)/t25-,27-,32?. The molecule has 0 bridgehead atoms. The number of aryl methyl sites for hydroxylation is 1. The number of hydrogen-bond acceptors (Lipinski definition) is 10. The van der Waals surface area contributed by atoms with E-state index < -0.39 is 30.0 Å². The minimum Gasteiger partial charge on any atom is -0.370 e. The molecule has 1 unspecified atom stereocenters. The normalized spacial score (nSPS) is 22.0. The molecule has 0 radical (unpaired) electrons. The first-order valence-corrected chi connectivity index (χ1v) is 20.8. The van der Waals surface area contributed by atoms with Crippen LogP contribution in [0.4, 0.5) is 26.0 Å². The molecule has 5 aromatic rings. The van der Waals surface area contributed by atoms with E-state index >= 15 is 0 Å². The van der Waals surface area contributed by atoms with Crippen molar-refractivity contribution in [3.05, 3.63) is 64.6 Å². The zero-order chi connectivity index (χ0) is 40.9. The molecule has 1 saturated carbocycles. The first-order chi connectivity index (χ1) is 28.5. The zero-order valence-corrected chi connectivity index (χ0v) is 33.4. The second-order valence-electron chi connectivity index (χ2n) is 16.6. The van der Waals surface area contributed by atoms with Gasteiger partial charge in [-0.3, -0.25) is 33.5 Å². The van der Waals surface area contributed by atoms with Crippen molar-refractivity contribution in [3.8, 4) is 0 Å². The highest BCUT2D eigenvalue weighted by Gasteiger charge is 2.34. The summed E-state index contributed by atoms with van der Waals surface area (Å²) in [7, 11) is 3.92. The van der Waals surface area contributed by atoms with Gasteiger partial charge in [0.1, 0.15) is 17.4 Å². The summed E-state index contributed by atoms with van der Waals surface area (Å²) in [6.07, 6.45) is 9.88. The fourth-order valence-corrected chi connectivity index (χ4v) is 9.78. The number of nitrogens with zero attached hydrogens (tertiary/aromatic N) is 10. The molecule has 4 aliphatic rings. The van der Waals surface area contributed by atoms with Crippen LogP contribution in [0, 0.1) is 5.92 Å². The summed E-state index contributed by atoms with van der Waals surface area (Å²) in [5.41, 5.74) is 2.29. The summed E-state index contributed by atoms with van der Waals surface area (Å²) in [5, 5.41) is 13.6. The van der Waals surface area contributed by atoms with Crippen LogP contribution in [0.15, 0.2) is 47.7 Å². The predicted molar refractivity (Wildman–Crippen MR) is 217 cm³/mol. The number of imide groups is 1. The Morgan fingerprint density at radius 2 is 1.75 bits per heavy atom. The van der Waals surface area contributed by atoms with Gasteiger partial charge >= 0.3 is 5.69 Å². The number of para-hydroxylation sites is 1. The number of nitrogens with one attached hydrogen (secondary N) is 2. The van der Waals surface area contributed by atoms with E-state index in [9.17, 15) is 28.0 Å². The Kier molecular flexibility index (Phi) is 10.4. The molecule has 3 amide bonds. The molecule has 312 valence electrons. The lowest BCUT2D eigenvalue weighted by molar-refractivity contribution is -0.135. The fourth-order valence-electron chi connectivity index (χ4n) is 9.78. The third-order valence-electron chi connectivity index (χ3n) is 13.0. The summed E-state index contributed by atoms with van der Waals surface area (Å²) in [5.74, 6) is -0.0946. The molecule has 4 aromatic heterocycles. The number of anilines is 3. The number of halogens is 2. The zero-order valence-electron chi connectivity index (χ0n) is 33.4. The van der Waals surface area contributed by atoms with Crippen molar-refractivity contribution in [2.45, 2.75) is 88.8 Å². The maximum atomic E-state index is 14.3. The topological polar surface area (TPSA) is 160 Å². The molecule has 9 rings (SSSR count). The number of rotatable bonds is 10. The van der Waals surface area contributed by atoms with Crippen LogP contribution in [0.25, 0.3) is 16.7 Å². The molecule has 1 aromatic carbocycles. The highest BCUT2D eigenvalue weighted by Crippen LogP contribution is 2.37. The van der Waals surface area contributed by atoms with Gasteiger partial charge in [-0.1, -0.05) is 6.07 Å². The average molecular weight is 813 g/mol. The first kappa shape index (κ1) is 38.8. The monoisotopic (exact) mass is 812 g/mol. The SMILES string of the molecule is CN(C[C@H]1CC[C@H](n2cc(NC(=O)c3cnn4ccc(N5CCCC5)nc34)c(C(F)F)n2)CC1)C1CCN(c2cccc3c2n(C)c(=O)n3C2CCC(=O)NC2=O)CC1. The van der Waals surface area contributed by atoms with E-state index in [2.05, 4.69) is 47.6 Å². The van der Waals surface area contributed by atoms with Crippen LogP contribution < -0.4 is 26.1 Å². The highest BCUT2D eigenvalue weighted by atomic mass is 19.3. The van der Waals surface area contributed by atoms with Crippen molar-refractivity contribution in [3.63, 3.8) is 0 Å². The van der Waals surface area contributed by atoms with Crippen LogP contribution in [0.2, 0.25) is 0 Å². The summed E-state index contributed by atoms with van der Waals surface area (Å²) in [4.78, 5) is 63.1. The molecule has 0 spiro atoms. The van der Waals surface area contributed by atoms with E-state index in [-0.39, 0.29) is 35.3 Å². The lowest BCUT2D eigenvalue weighted by Gasteiger charge is -2.40. The van der Waals surface area contributed by atoms with Crippen LogP contribution in [-0.2, 0) is 16.6 Å². The number of benzene rings is 1. The summed E-state index contributed by atoms with van der Waals surface area (Å²) >= 11 is 0. The second-order valence-corrected chi connectivity index (χ2v) is 16.6. The van der Waals surface area contributed by atoms with E-state index in [0.29, 0.717) is 29.5 Å². The van der Waals surface area contributed by atoms with Crippen molar-refractivity contribution in [2.24, 2.45) is 13.0 Å². The summed E-state index contributed by atoms with van der Waals surface area (Å²) < 4.78 is 34.8. The number of hydrogen-bond donors (Lipinski definition) is 2. The van der Waals surface area contributed by atoms with Crippen LogP contribution in [0.3, 0.4) is 0 Å². The van der Waals surface area contributed by atoms with Gasteiger partial charge in [-0.25, -0.2) is 23.1 Å². The number of imidazole rings is 1. The number of aromatic nitrogens is 7. The average Bonchev–Trinajstić information content (AvgIpc) is 4.05. The van der Waals surface area contributed by atoms with Gasteiger partial charge in [0, 0.05) is 64.6 Å². The Hall–Kier alpha value is -5.65. The maximum absolute atomic E-state index is 14.3. The quantitative estimate of drug-likeness (QED) is 0.190. The van der Waals surface area contributed by atoms with Crippen LogP contribution in [0.5, 0.6) is 0 Å². The minimum absolute atomic E-state index is 0.00131. The molecular weight excluding hydrogens is 763 g/mol. The molecular formula is C41H50F2N12O4. The van der Waals surface area contributed by atoms with Gasteiger partial charge in [-0.15, -0.1) is 0 Å². The molecule has 3 aliphatic heterocycles. The Morgan fingerprint density at radius 1 is 0.983 bits per heavy atom. The molecule has 4 fully saturated rings. The van der Waals surface area contributed by atoms with Gasteiger partial charge in [-0.05, 0) is 89.0 Å². The molecule has 3 saturated heterocycles. The van der Waals surface area contributed by atoms with E-state index in [1.165, 1.54) is 15.3 Å². The van der Waals surface area contributed by atoms with E-state index in [4.69, 9.17) is 0 Å². The first-order valence-electron chi connectivity index (χ1n) is 20.8. The third-order valence-corrected chi connectivity index (χ3v) is 13.0. The van der Waals surface area contributed by atoms with Crippen molar-refractivity contribution in [2.75, 3.05) is 54.9 Å². The van der Waals surface area contributed by atoms with E-state index in [0.717, 1.165) is 101 Å². The van der Waals surface area contributed by atoms with Crippen molar-refractivity contribution in [1.29, 1.82) is 0 Å². The van der Waals surface area contributed by atoms with Crippen molar-refractivity contribution >= 4 is 51.6 Å². The lowest BCUT2D eigenvalue weighted by Crippen LogP contribution is -2.45. The molecule has 2 N–H and O–H groups in total. The Bertz CT molecular complexity index is 2450. The number of alkyl halides is 2. The second kappa shape index (κ2) is 15.8. The number of amides is 3. The lowest BCUT2D eigenvalue weighted by atomic mass is 9.85. The highest BCUT2D eigenvalue weighted by molar-refractivity contribution is 6.08. The number of carbonyl (C=O) groups excluding carboxylic acids is 3. The molecule has 1 aliphatic carbocycles. The van der Waals surface area contributed by atoms with Gasteiger partial charge in [0.05, 0.1) is 34.6 Å². The van der Waals surface area contributed by atoms with Gasteiger partial charge in [-0.2, -0.15) is 10.2 Å². The van der Waals surface area contributed by atoms with E-state index in [1.54, 1.807) is 28.7 Å². The van der Waals surface area contributed by atoms with Crippen molar-refractivity contribution in [1.82, 2.24) is 43.7 Å².